The number of hydrogen-bond donors (Lipinski definition) is 0. The molecule has 0 aromatic heterocycles. The Kier molecular flexibility index (Phi) is 10.1. The Hall–Kier alpha value is -2.18. The summed E-state index contributed by atoms with van der Waals surface area (Å²) in [6.45, 7) is 12.0. The number of para-hydroxylation sites is 1. The molecule has 0 saturated carbocycles. The van der Waals surface area contributed by atoms with Gasteiger partial charge in [-0.3, -0.25) is 9.59 Å². The quantitative estimate of drug-likeness (QED) is 0.322. The van der Waals surface area contributed by atoms with Crippen LogP contribution in [0.25, 0.3) is 0 Å². The predicted molar refractivity (Wildman–Crippen MR) is 140 cm³/mol. The standard InChI is InChI=1S/C17H22NO3.C13H19N.BrH/c1-13(19)21-17-12-18(9-7-15(17)8-10-18)11-16(20)14-5-3-2-4-6-14;1-11-8-12(2)10-14(9-11)13-6-4-3-5-7-13;/h2-6,15,17H,7-12H2,1H3;3-7,11-12H,8-10H2,1-2H3;1H/q+1;;/p-1/t15?,17-,18?;;/m0../s1. The third-order valence-corrected chi connectivity index (χ3v) is 7.92. The molecule has 4 saturated heterocycles. The maximum Gasteiger partial charge on any atom is 0.303 e. The predicted octanol–water partition coefficient (Wildman–Crippen LogP) is 2.21. The summed E-state index contributed by atoms with van der Waals surface area (Å²) in [4.78, 5) is 26.3. The van der Waals surface area contributed by atoms with Gasteiger partial charge in [-0.05, 0) is 30.4 Å². The highest BCUT2D eigenvalue weighted by Gasteiger charge is 2.48. The number of nitrogens with zero attached hydrogens (tertiary/aromatic N) is 2. The Morgan fingerprint density at radius 2 is 1.47 bits per heavy atom. The minimum absolute atomic E-state index is 0. The van der Waals surface area contributed by atoms with Crippen molar-refractivity contribution in [3.05, 3.63) is 66.2 Å². The van der Waals surface area contributed by atoms with Gasteiger partial charge in [-0.25, -0.2) is 0 Å². The van der Waals surface area contributed by atoms with E-state index in [-0.39, 0.29) is 34.8 Å². The van der Waals surface area contributed by atoms with E-state index in [1.807, 2.05) is 30.3 Å². The number of esters is 1. The minimum atomic E-state index is -0.207. The van der Waals surface area contributed by atoms with E-state index < -0.39 is 0 Å². The number of ketones is 1. The van der Waals surface area contributed by atoms with Gasteiger partial charge in [0.05, 0.1) is 13.1 Å². The molecule has 2 aromatic carbocycles. The molecule has 36 heavy (non-hydrogen) atoms. The fraction of sp³-hybridized carbons (Fsp3) is 0.533. The van der Waals surface area contributed by atoms with Gasteiger partial charge < -0.3 is 31.1 Å². The molecule has 6 rings (SSSR count). The van der Waals surface area contributed by atoms with Gasteiger partial charge in [0.1, 0.15) is 13.1 Å². The number of halogens is 1. The molecule has 4 aliphatic heterocycles. The smallest absolute Gasteiger partial charge is 0.303 e. The summed E-state index contributed by atoms with van der Waals surface area (Å²) in [5.74, 6) is 2.14. The number of carbonyl (C=O) groups is 2. The van der Waals surface area contributed by atoms with Gasteiger partial charge in [0.15, 0.2) is 6.10 Å². The van der Waals surface area contributed by atoms with Crippen LogP contribution >= 0.6 is 0 Å². The molecule has 0 aliphatic carbocycles. The number of rotatable bonds is 5. The molecule has 2 bridgehead atoms. The van der Waals surface area contributed by atoms with Crippen molar-refractivity contribution in [2.75, 3.05) is 44.2 Å². The lowest BCUT2D eigenvalue weighted by atomic mass is 9.83. The molecule has 0 N–H and O–H groups in total. The molecule has 2 unspecified atom stereocenters. The van der Waals surface area contributed by atoms with Crippen LogP contribution in [0, 0.1) is 17.8 Å². The van der Waals surface area contributed by atoms with Crippen LogP contribution in [-0.2, 0) is 9.53 Å². The highest BCUT2D eigenvalue weighted by molar-refractivity contribution is 5.96. The van der Waals surface area contributed by atoms with Crippen molar-refractivity contribution in [1.82, 2.24) is 0 Å². The number of benzene rings is 2. The van der Waals surface area contributed by atoms with Crippen LogP contribution in [0.4, 0.5) is 5.69 Å². The molecule has 6 heteroatoms. The summed E-state index contributed by atoms with van der Waals surface area (Å²) >= 11 is 0. The molecule has 2 aromatic rings. The molecule has 0 amide bonds. The molecule has 4 heterocycles. The van der Waals surface area contributed by atoms with Gasteiger partial charge in [0.2, 0.25) is 5.78 Å². The number of hydrogen-bond acceptors (Lipinski definition) is 4. The van der Waals surface area contributed by atoms with Crippen molar-refractivity contribution in [3.63, 3.8) is 0 Å². The lowest BCUT2D eigenvalue weighted by Crippen LogP contribution is -3.00. The van der Waals surface area contributed by atoms with Gasteiger partial charge in [-0.2, -0.15) is 0 Å². The van der Waals surface area contributed by atoms with E-state index in [9.17, 15) is 9.59 Å². The van der Waals surface area contributed by atoms with Crippen molar-refractivity contribution in [1.29, 1.82) is 0 Å². The van der Waals surface area contributed by atoms with Crippen LogP contribution in [0.1, 0.15) is 50.4 Å². The number of ether oxygens (including phenoxy) is 1. The third-order valence-electron chi connectivity index (χ3n) is 7.92. The number of piperidine rings is 4. The first-order valence-corrected chi connectivity index (χ1v) is 13.2. The number of Topliss-reactive ketones (excluding diaryl/α,β-unsaturated/α-hetero) is 1. The van der Waals surface area contributed by atoms with Crippen LogP contribution in [0.15, 0.2) is 60.7 Å². The zero-order chi connectivity index (χ0) is 24.8. The lowest BCUT2D eigenvalue weighted by molar-refractivity contribution is -0.938. The topological polar surface area (TPSA) is 46.6 Å². The van der Waals surface area contributed by atoms with Crippen molar-refractivity contribution >= 4 is 17.4 Å². The molecule has 0 spiro atoms. The summed E-state index contributed by atoms with van der Waals surface area (Å²) in [5.41, 5.74) is 2.16. The minimum Gasteiger partial charge on any atom is -1.00 e. The van der Waals surface area contributed by atoms with Crippen LogP contribution in [-0.4, -0.2) is 61.6 Å². The van der Waals surface area contributed by atoms with Gasteiger partial charge in [-0.15, -0.1) is 0 Å². The van der Waals surface area contributed by atoms with E-state index in [2.05, 4.69) is 49.1 Å². The molecule has 3 atom stereocenters. The average Bonchev–Trinajstić information content (AvgIpc) is 2.85. The molecular formula is C30H41BrN2O3. The SMILES string of the molecule is CC(=O)O[C@H]1C[N+]2(CC(=O)c3ccccc3)CCC1CC2.CC1CC(C)CN(c2ccccc2)C1.[Br-]. The van der Waals surface area contributed by atoms with E-state index >= 15 is 0 Å². The highest BCUT2D eigenvalue weighted by Crippen LogP contribution is 2.35. The fourth-order valence-corrected chi connectivity index (χ4v) is 6.32. The fourth-order valence-electron chi connectivity index (χ4n) is 6.32. The van der Waals surface area contributed by atoms with E-state index in [0.717, 1.165) is 54.4 Å². The molecule has 5 nitrogen and oxygen atoms in total. The summed E-state index contributed by atoms with van der Waals surface area (Å²) in [6.07, 6.45) is 3.48. The Bertz CT molecular complexity index is 966. The Labute approximate surface area is 227 Å². The highest BCUT2D eigenvalue weighted by atomic mass is 79.9. The van der Waals surface area contributed by atoms with E-state index in [1.165, 1.54) is 32.1 Å². The largest absolute Gasteiger partial charge is 1.00 e. The Balaban J connectivity index is 0.000000210. The normalized spacial score (nSPS) is 28.8. The van der Waals surface area contributed by atoms with Gasteiger partial charge in [0, 0.05) is 50.0 Å². The van der Waals surface area contributed by atoms with Crippen molar-refractivity contribution in [2.45, 2.75) is 46.1 Å². The summed E-state index contributed by atoms with van der Waals surface area (Å²) in [7, 11) is 0. The van der Waals surface area contributed by atoms with Crippen LogP contribution in [0.5, 0.6) is 0 Å². The third kappa shape index (κ3) is 7.42. The van der Waals surface area contributed by atoms with Crippen LogP contribution in [0.3, 0.4) is 0 Å². The first-order valence-electron chi connectivity index (χ1n) is 13.2. The van der Waals surface area contributed by atoms with E-state index in [1.54, 1.807) is 0 Å². The number of quaternary nitrogens is 1. The Morgan fingerprint density at radius 3 is 2.03 bits per heavy atom. The maximum absolute atomic E-state index is 12.5. The second kappa shape index (κ2) is 12.9. The van der Waals surface area contributed by atoms with Crippen LogP contribution < -0.4 is 21.9 Å². The van der Waals surface area contributed by atoms with Gasteiger partial charge in [-0.1, -0.05) is 62.4 Å². The van der Waals surface area contributed by atoms with E-state index in [0.29, 0.717) is 12.5 Å². The van der Waals surface area contributed by atoms with Crippen molar-refractivity contribution in [3.8, 4) is 0 Å². The first-order chi connectivity index (χ1) is 16.8. The molecule has 196 valence electrons. The molecule has 4 aliphatic rings. The van der Waals surface area contributed by atoms with E-state index in [4.69, 9.17) is 4.74 Å². The van der Waals surface area contributed by atoms with Crippen LogP contribution in [0.2, 0.25) is 0 Å². The monoisotopic (exact) mass is 556 g/mol. The molecule has 4 fully saturated rings. The molecule has 0 radical (unpaired) electrons. The van der Waals surface area contributed by atoms with Crippen molar-refractivity contribution in [2.24, 2.45) is 17.8 Å². The second-order valence-corrected chi connectivity index (χ2v) is 11.1. The number of fused-ring (bicyclic) bond motifs is 3. The second-order valence-electron chi connectivity index (χ2n) is 11.1. The zero-order valence-electron chi connectivity index (χ0n) is 21.9. The van der Waals surface area contributed by atoms with Gasteiger partial charge in [0.25, 0.3) is 0 Å². The zero-order valence-corrected chi connectivity index (χ0v) is 23.5. The number of carbonyl (C=O) groups excluding carboxylic acids is 2. The summed E-state index contributed by atoms with van der Waals surface area (Å²) in [6, 6.07) is 20.2. The maximum atomic E-state index is 12.5. The lowest BCUT2D eigenvalue weighted by Gasteiger charge is -2.51. The average molecular weight is 558 g/mol. The molecular weight excluding hydrogens is 516 g/mol. The van der Waals surface area contributed by atoms with Crippen molar-refractivity contribution < 1.29 is 35.8 Å². The Morgan fingerprint density at radius 1 is 0.917 bits per heavy atom. The summed E-state index contributed by atoms with van der Waals surface area (Å²) in [5, 5.41) is 0. The van der Waals surface area contributed by atoms with Gasteiger partial charge >= 0.3 is 5.97 Å². The summed E-state index contributed by atoms with van der Waals surface area (Å²) < 4.78 is 6.25. The number of anilines is 1. The first kappa shape index (κ1) is 28.4.